The topological polar surface area (TPSA) is 18.5 Å². The van der Waals surface area contributed by atoms with Gasteiger partial charge in [0, 0.05) is 16.5 Å². The first-order chi connectivity index (χ1) is 7.67. The van der Waals surface area contributed by atoms with Gasteiger partial charge >= 0.3 is 0 Å². The molecule has 1 unspecified atom stereocenters. The molecule has 0 saturated heterocycles. The zero-order valence-electron chi connectivity index (χ0n) is 9.30. The molecule has 2 nitrogen and oxygen atoms in total. The molecule has 1 saturated carbocycles. The number of hydrogen-bond acceptors (Lipinski definition) is 2. The van der Waals surface area contributed by atoms with Crippen molar-refractivity contribution in [2.45, 2.75) is 17.7 Å². The molecule has 0 heterocycles. The highest BCUT2D eigenvalue weighted by atomic mass is 79.9. The lowest BCUT2D eigenvalue weighted by Gasteiger charge is -2.14. The lowest BCUT2D eigenvalue weighted by atomic mass is 10.1. The first kappa shape index (κ1) is 11.7. The van der Waals surface area contributed by atoms with E-state index in [1.165, 1.54) is 13.2 Å². The van der Waals surface area contributed by atoms with Crippen molar-refractivity contribution >= 4 is 15.9 Å². The molecule has 1 aromatic carbocycles. The van der Waals surface area contributed by atoms with Crippen LogP contribution < -0.4 is 9.47 Å². The van der Waals surface area contributed by atoms with E-state index < -0.39 is 0 Å². The molecule has 1 fully saturated rings. The summed E-state index contributed by atoms with van der Waals surface area (Å²) in [6.45, 7) is 0. The summed E-state index contributed by atoms with van der Waals surface area (Å²) < 4.78 is 24.0. The van der Waals surface area contributed by atoms with Crippen LogP contribution in [0.3, 0.4) is 0 Å². The van der Waals surface area contributed by atoms with E-state index in [1.54, 1.807) is 13.2 Å². The van der Waals surface area contributed by atoms with Crippen LogP contribution in [0.4, 0.5) is 4.39 Å². The number of halogens is 2. The van der Waals surface area contributed by atoms with Crippen molar-refractivity contribution in [2.75, 3.05) is 14.2 Å². The van der Waals surface area contributed by atoms with Gasteiger partial charge in [-0.2, -0.15) is 0 Å². The van der Waals surface area contributed by atoms with Crippen LogP contribution in [0, 0.1) is 11.7 Å². The third-order valence-corrected chi connectivity index (χ3v) is 4.08. The van der Waals surface area contributed by atoms with E-state index in [2.05, 4.69) is 15.9 Å². The van der Waals surface area contributed by atoms with Gasteiger partial charge in [-0.1, -0.05) is 15.9 Å². The third kappa shape index (κ3) is 2.17. The summed E-state index contributed by atoms with van der Waals surface area (Å²) in [7, 11) is 3.06. The minimum atomic E-state index is -0.244. The van der Waals surface area contributed by atoms with Gasteiger partial charge in [0.25, 0.3) is 0 Å². The monoisotopic (exact) mass is 288 g/mol. The zero-order valence-corrected chi connectivity index (χ0v) is 10.9. The van der Waals surface area contributed by atoms with Crippen molar-refractivity contribution in [3.8, 4) is 11.5 Å². The minimum absolute atomic E-state index is 0.0762. The fraction of sp³-hybridized carbons (Fsp3) is 0.500. The molecule has 1 aliphatic rings. The average Bonchev–Trinajstić information content (AvgIpc) is 3.11. The summed E-state index contributed by atoms with van der Waals surface area (Å²) >= 11 is 3.54. The summed E-state index contributed by atoms with van der Waals surface area (Å²) in [5.74, 6) is 1.31. The van der Waals surface area contributed by atoms with Crippen LogP contribution in [0.1, 0.15) is 23.2 Å². The standard InChI is InChI=1S/C12H14BrFO2/c1-15-10-5-8(12(13)7-3-4-7)9(14)6-11(10)16-2/h5-7,12H,3-4H2,1-2H3. The van der Waals surface area contributed by atoms with Crippen LogP contribution in [-0.4, -0.2) is 14.2 Å². The fourth-order valence-corrected chi connectivity index (χ4v) is 2.60. The molecular formula is C12H14BrFO2. The van der Waals surface area contributed by atoms with E-state index in [4.69, 9.17) is 9.47 Å². The van der Waals surface area contributed by atoms with Gasteiger partial charge in [0.15, 0.2) is 11.5 Å². The summed E-state index contributed by atoms with van der Waals surface area (Å²) in [4.78, 5) is 0.0762. The lowest BCUT2D eigenvalue weighted by molar-refractivity contribution is 0.351. The first-order valence-corrected chi connectivity index (χ1v) is 6.14. The van der Waals surface area contributed by atoms with E-state index in [0.717, 1.165) is 12.8 Å². The van der Waals surface area contributed by atoms with Crippen molar-refractivity contribution in [2.24, 2.45) is 5.92 Å². The van der Waals surface area contributed by atoms with Gasteiger partial charge in [0.2, 0.25) is 0 Å². The Hall–Kier alpha value is -0.770. The van der Waals surface area contributed by atoms with Gasteiger partial charge in [-0.05, 0) is 24.8 Å². The Bertz CT molecular complexity index is 391. The van der Waals surface area contributed by atoms with Crippen LogP contribution in [-0.2, 0) is 0 Å². The van der Waals surface area contributed by atoms with Gasteiger partial charge in [-0.15, -0.1) is 0 Å². The van der Waals surface area contributed by atoms with Gasteiger partial charge in [0.1, 0.15) is 5.82 Å². The molecule has 2 rings (SSSR count). The molecule has 1 atom stereocenters. The van der Waals surface area contributed by atoms with Crippen molar-refractivity contribution in [1.82, 2.24) is 0 Å². The maximum absolute atomic E-state index is 13.8. The van der Waals surface area contributed by atoms with E-state index in [-0.39, 0.29) is 10.6 Å². The van der Waals surface area contributed by atoms with Crippen LogP contribution in [0.2, 0.25) is 0 Å². The highest BCUT2D eigenvalue weighted by Crippen LogP contribution is 2.48. The van der Waals surface area contributed by atoms with Crippen molar-refractivity contribution in [3.05, 3.63) is 23.5 Å². The molecule has 4 heteroatoms. The molecule has 0 radical (unpaired) electrons. The molecule has 88 valence electrons. The van der Waals surface area contributed by atoms with E-state index in [1.807, 2.05) is 0 Å². The second-order valence-corrected chi connectivity index (χ2v) is 4.95. The normalized spacial score (nSPS) is 17.0. The molecule has 0 aliphatic heterocycles. The highest BCUT2D eigenvalue weighted by Gasteiger charge is 2.32. The number of methoxy groups -OCH3 is 2. The minimum Gasteiger partial charge on any atom is -0.493 e. The lowest BCUT2D eigenvalue weighted by Crippen LogP contribution is -2.00. The quantitative estimate of drug-likeness (QED) is 0.787. The molecule has 1 aromatic rings. The maximum atomic E-state index is 13.8. The highest BCUT2D eigenvalue weighted by molar-refractivity contribution is 9.09. The summed E-state index contributed by atoms with van der Waals surface area (Å²) in [6.07, 6.45) is 2.31. The van der Waals surface area contributed by atoms with Crippen molar-refractivity contribution < 1.29 is 13.9 Å². The van der Waals surface area contributed by atoms with Gasteiger partial charge in [0.05, 0.1) is 14.2 Å². The predicted octanol–water partition coefficient (Wildman–Crippen LogP) is 3.69. The second kappa shape index (κ2) is 4.62. The molecule has 0 aromatic heterocycles. The third-order valence-electron chi connectivity index (χ3n) is 2.84. The number of alkyl halides is 1. The first-order valence-electron chi connectivity index (χ1n) is 5.23. The van der Waals surface area contributed by atoms with E-state index in [0.29, 0.717) is 23.0 Å². The van der Waals surface area contributed by atoms with Crippen LogP contribution in [0.5, 0.6) is 11.5 Å². The molecule has 0 N–H and O–H groups in total. The molecule has 1 aliphatic carbocycles. The van der Waals surface area contributed by atoms with Gasteiger partial charge in [-0.25, -0.2) is 4.39 Å². The Labute approximate surface area is 103 Å². The summed E-state index contributed by atoms with van der Waals surface area (Å²) in [6, 6.07) is 3.09. The Morgan fingerprint density at radius 1 is 1.25 bits per heavy atom. The number of ether oxygens (including phenoxy) is 2. The average molecular weight is 289 g/mol. The largest absolute Gasteiger partial charge is 0.493 e. The SMILES string of the molecule is COc1cc(F)c(C(Br)C2CC2)cc1OC. The van der Waals surface area contributed by atoms with Crippen LogP contribution in [0.15, 0.2) is 12.1 Å². The van der Waals surface area contributed by atoms with E-state index >= 15 is 0 Å². The maximum Gasteiger partial charge on any atom is 0.163 e. The summed E-state index contributed by atoms with van der Waals surface area (Å²) in [5, 5.41) is 0. The van der Waals surface area contributed by atoms with E-state index in [9.17, 15) is 4.39 Å². The molecule has 0 bridgehead atoms. The molecule has 0 amide bonds. The Morgan fingerprint density at radius 3 is 2.31 bits per heavy atom. The Balaban J connectivity index is 2.37. The molecule has 16 heavy (non-hydrogen) atoms. The predicted molar refractivity (Wildman–Crippen MR) is 63.9 cm³/mol. The molecular weight excluding hydrogens is 275 g/mol. The van der Waals surface area contributed by atoms with Crippen molar-refractivity contribution in [1.29, 1.82) is 0 Å². The number of benzene rings is 1. The summed E-state index contributed by atoms with van der Waals surface area (Å²) in [5.41, 5.74) is 0.653. The van der Waals surface area contributed by atoms with Gasteiger partial charge in [-0.3, -0.25) is 0 Å². The Kier molecular flexibility index (Phi) is 3.38. The zero-order chi connectivity index (χ0) is 11.7. The van der Waals surface area contributed by atoms with Gasteiger partial charge < -0.3 is 9.47 Å². The van der Waals surface area contributed by atoms with Crippen LogP contribution in [0.25, 0.3) is 0 Å². The smallest absolute Gasteiger partial charge is 0.163 e. The Morgan fingerprint density at radius 2 is 1.81 bits per heavy atom. The number of hydrogen-bond donors (Lipinski definition) is 0. The van der Waals surface area contributed by atoms with Crippen molar-refractivity contribution in [3.63, 3.8) is 0 Å². The van der Waals surface area contributed by atoms with Crippen LogP contribution >= 0.6 is 15.9 Å². The second-order valence-electron chi connectivity index (χ2n) is 3.97. The molecule has 0 spiro atoms. The fourth-order valence-electron chi connectivity index (χ4n) is 1.72. The number of rotatable bonds is 4.